The van der Waals surface area contributed by atoms with E-state index in [1.807, 2.05) is 0 Å². The number of thiazole rings is 1. The molecule has 9 heteroatoms. The maximum atomic E-state index is 12.4. The number of rotatable bonds is 6. The van der Waals surface area contributed by atoms with Crippen molar-refractivity contribution >= 4 is 23.5 Å². The minimum Gasteiger partial charge on any atom is -0.493 e. The Bertz CT molecular complexity index is 972. The van der Waals surface area contributed by atoms with Crippen LogP contribution in [0.15, 0.2) is 41.9 Å². The van der Waals surface area contributed by atoms with E-state index in [2.05, 4.69) is 25.5 Å². The summed E-state index contributed by atoms with van der Waals surface area (Å²) in [4.78, 5) is 25.5. The zero-order valence-corrected chi connectivity index (χ0v) is 15.8. The zero-order chi connectivity index (χ0) is 19.2. The summed E-state index contributed by atoms with van der Waals surface area (Å²) in [6.07, 6.45) is 6.30. The average molecular weight is 383 g/mol. The molecule has 1 N–H and O–H groups in total. The fourth-order valence-corrected chi connectivity index (χ4v) is 3.19. The number of carbonyl (C=O) groups excluding carboxylic acids is 1. The lowest BCUT2D eigenvalue weighted by Crippen LogP contribution is -2.17. The highest BCUT2D eigenvalue weighted by Gasteiger charge is 2.16. The molecular weight excluding hydrogens is 366 g/mol. The topological polar surface area (TPSA) is 98.6 Å². The van der Waals surface area contributed by atoms with Gasteiger partial charge < -0.3 is 9.47 Å². The van der Waals surface area contributed by atoms with Crippen LogP contribution >= 0.6 is 11.3 Å². The van der Waals surface area contributed by atoms with Gasteiger partial charge in [-0.05, 0) is 30.7 Å². The van der Waals surface area contributed by atoms with Crippen molar-refractivity contribution in [2.45, 2.75) is 6.92 Å². The van der Waals surface area contributed by atoms with Crippen LogP contribution in [0.5, 0.6) is 11.5 Å². The van der Waals surface area contributed by atoms with Crippen LogP contribution in [0.25, 0.3) is 10.7 Å². The molecule has 0 aliphatic rings. The molecule has 1 amide bonds. The van der Waals surface area contributed by atoms with Gasteiger partial charge in [0.2, 0.25) is 0 Å². The molecular formula is C18H17N5O3S. The molecule has 0 spiro atoms. The van der Waals surface area contributed by atoms with E-state index in [9.17, 15) is 4.79 Å². The standard InChI is InChI=1S/C18H17N5O3S/c1-11-16(27-18(22-11)13-10-19-6-7-20-13)17(24)23-21-9-12-4-5-14(25-2)15(8-12)26-3/h4-10H,1-3H3,(H,23,24). The second-order valence-corrected chi connectivity index (χ2v) is 6.34. The summed E-state index contributed by atoms with van der Waals surface area (Å²) in [5, 5.41) is 4.64. The fraction of sp³-hybridized carbons (Fsp3) is 0.167. The fourth-order valence-electron chi connectivity index (χ4n) is 2.28. The first-order valence-corrected chi connectivity index (χ1v) is 8.73. The molecule has 0 atom stereocenters. The lowest BCUT2D eigenvalue weighted by Gasteiger charge is -2.07. The van der Waals surface area contributed by atoms with Gasteiger partial charge >= 0.3 is 0 Å². The van der Waals surface area contributed by atoms with Gasteiger partial charge in [-0.25, -0.2) is 10.4 Å². The maximum absolute atomic E-state index is 12.4. The van der Waals surface area contributed by atoms with Crippen molar-refractivity contribution in [1.82, 2.24) is 20.4 Å². The number of benzene rings is 1. The summed E-state index contributed by atoms with van der Waals surface area (Å²) in [5.41, 5.74) is 4.50. The Labute approximate surface area is 159 Å². The SMILES string of the molecule is COc1ccc(C=NNC(=O)c2sc(-c3cnccn3)nc2C)cc1OC. The summed E-state index contributed by atoms with van der Waals surface area (Å²) >= 11 is 1.24. The molecule has 3 aromatic rings. The monoisotopic (exact) mass is 383 g/mol. The van der Waals surface area contributed by atoms with Gasteiger partial charge in [-0.1, -0.05) is 0 Å². The molecule has 0 aliphatic heterocycles. The van der Waals surface area contributed by atoms with Gasteiger partial charge in [0.1, 0.15) is 15.6 Å². The van der Waals surface area contributed by atoms with Crippen molar-refractivity contribution in [3.05, 3.63) is 52.9 Å². The normalized spacial score (nSPS) is 10.8. The Morgan fingerprint density at radius 2 is 2.04 bits per heavy atom. The third kappa shape index (κ3) is 4.26. The largest absolute Gasteiger partial charge is 0.493 e. The van der Waals surface area contributed by atoms with Crippen molar-refractivity contribution in [2.75, 3.05) is 14.2 Å². The van der Waals surface area contributed by atoms with Crippen molar-refractivity contribution in [1.29, 1.82) is 0 Å². The second-order valence-electron chi connectivity index (χ2n) is 5.34. The molecule has 138 valence electrons. The van der Waals surface area contributed by atoms with E-state index in [1.165, 1.54) is 17.6 Å². The van der Waals surface area contributed by atoms with E-state index in [1.54, 1.807) is 57.9 Å². The van der Waals surface area contributed by atoms with Crippen LogP contribution in [0.3, 0.4) is 0 Å². The number of methoxy groups -OCH3 is 2. The quantitative estimate of drug-likeness (QED) is 0.519. The molecule has 1 aromatic carbocycles. The Morgan fingerprint density at radius 1 is 1.22 bits per heavy atom. The molecule has 27 heavy (non-hydrogen) atoms. The summed E-state index contributed by atoms with van der Waals surface area (Å²) in [7, 11) is 3.13. The van der Waals surface area contributed by atoms with Gasteiger partial charge in [0.25, 0.3) is 5.91 Å². The van der Waals surface area contributed by atoms with Crippen LogP contribution in [0.2, 0.25) is 0 Å². The van der Waals surface area contributed by atoms with Gasteiger partial charge in [0.15, 0.2) is 11.5 Å². The zero-order valence-electron chi connectivity index (χ0n) is 15.0. The van der Waals surface area contributed by atoms with Crippen LogP contribution in [0.1, 0.15) is 20.9 Å². The van der Waals surface area contributed by atoms with E-state index in [0.29, 0.717) is 32.8 Å². The predicted molar refractivity (Wildman–Crippen MR) is 102 cm³/mol. The minimum absolute atomic E-state index is 0.336. The number of nitrogens with one attached hydrogen (secondary N) is 1. The Balaban J connectivity index is 1.71. The molecule has 3 rings (SSSR count). The van der Waals surface area contributed by atoms with Crippen LogP contribution in [0.4, 0.5) is 0 Å². The van der Waals surface area contributed by atoms with Gasteiger partial charge in [-0.3, -0.25) is 14.8 Å². The lowest BCUT2D eigenvalue weighted by molar-refractivity contribution is 0.0958. The highest BCUT2D eigenvalue weighted by atomic mass is 32.1. The van der Waals surface area contributed by atoms with Gasteiger partial charge in [-0.15, -0.1) is 11.3 Å². The predicted octanol–water partition coefficient (Wildman–Crippen LogP) is 2.69. The third-order valence-electron chi connectivity index (χ3n) is 3.57. The molecule has 0 bridgehead atoms. The van der Waals surface area contributed by atoms with Crippen LogP contribution < -0.4 is 14.9 Å². The number of carbonyl (C=O) groups is 1. The molecule has 0 saturated heterocycles. The second kappa shape index (κ2) is 8.37. The van der Waals surface area contributed by atoms with Gasteiger partial charge in [0.05, 0.1) is 32.3 Å². The van der Waals surface area contributed by atoms with Crippen molar-refractivity contribution in [3.8, 4) is 22.2 Å². The summed E-state index contributed by atoms with van der Waals surface area (Å²) in [5.74, 6) is 0.868. The van der Waals surface area contributed by atoms with E-state index in [4.69, 9.17) is 9.47 Å². The Morgan fingerprint density at radius 3 is 2.74 bits per heavy atom. The average Bonchev–Trinajstić information content (AvgIpc) is 3.10. The molecule has 2 heterocycles. The van der Waals surface area contributed by atoms with Gasteiger partial charge in [0, 0.05) is 12.4 Å². The number of hydrogen-bond acceptors (Lipinski definition) is 8. The first-order chi connectivity index (χ1) is 13.1. The van der Waals surface area contributed by atoms with Crippen LogP contribution in [-0.2, 0) is 0 Å². The number of hydrogen-bond donors (Lipinski definition) is 1. The number of nitrogens with zero attached hydrogens (tertiary/aromatic N) is 4. The van der Waals surface area contributed by atoms with Crippen LogP contribution in [-0.4, -0.2) is 41.3 Å². The first kappa shape index (κ1) is 18.5. The van der Waals surface area contributed by atoms with Crippen LogP contribution in [0, 0.1) is 6.92 Å². The molecule has 0 fully saturated rings. The van der Waals surface area contributed by atoms with Gasteiger partial charge in [-0.2, -0.15) is 5.10 Å². The summed E-state index contributed by atoms with van der Waals surface area (Å²) < 4.78 is 10.4. The minimum atomic E-state index is -0.336. The highest BCUT2D eigenvalue weighted by Crippen LogP contribution is 2.27. The molecule has 0 saturated carbocycles. The molecule has 0 unspecified atom stereocenters. The molecule has 8 nitrogen and oxygen atoms in total. The number of hydrazone groups is 1. The maximum Gasteiger partial charge on any atom is 0.283 e. The van der Waals surface area contributed by atoms with Crippen molar-refractivity contribution < 1.29 is 14.3 Å². The lowest BCUT2D eigenvalue weighted by atomic mass is 10.2. The molecule has 2 aromatic heterocycles. The van der Waals surface area contributed by atoms with E-state index in [-0.39, 0.29) is 5.91 Å². The van der Waals surface area contributed by atoms with E-state index in [0.717, 1.165) is 5.56 Å². The van der Waals surface area contributed by atoms with Crippen molar-refractivity contribution in [3.63, 3.8) is 0 Å². The summed E-state index contributed by atoms with van der Waals surface area (Å²) in [6.45, 7) is 1.77. The van der Waals surface area contributed by atoms with Crippen molar-refractivity contribution in [2.24, 2.45) is 5.10 Å². The Kier molecular flexibility index (Phi) is 5.72. The Hall–Kier alpha value is -3.33. The number of ether oxygens (including phenoxy) is 2. The number of amides is 1. The van der Waals surface area contributed by atoms with E-state index < -0.39 is 0 Å². The molecule has 0 radical (unpaired) electrons. The smallest absolute Gasteiger partial charge is 0.283 e. The number of aryl methyl sites for hydroxylation is 1. The first-order valence-electron chi connectivity index (χ1n) is 7.91. The summed E-state index contributed by atoms with van der Waals surface area (Å²) in [6, 6.07) is 5.34. The van der Waals surface area contributed by atoms with E-state index >= 15 is 0 Å². The highest BCUT2D eigenvalue weighted by molar-refractivity contribution is 7.17. The molecule has 0 aliphatic carbocycles. The third-order valence-corrected chi connectivity index (χ3v) is 4.75. The number of aromatic nitrogens is 3.